The monoisotopic (exact) mass is 375 g/mol. The Balaban J connectivity index is 2.40. The number of hydrogen-bond acceptors (Lipinski definition) is 5. The average Bonchev–Trinajstić information content (AvgIpc) is 2.65. The Hall–Kier alpha value is -2.80. The van der Waals surface area contributed by atoms with E-state index in [4.69, 9.17) is 4.74 Å². The lowest BCUT2D eigenvalue weighted by Crippen LogP contribution is -2.36. The summed E-state index contributed by atoms with van der Waals surface area (Å²) < 4.78 is 37.1. The molecule has 0 saturated heterocycles. The van der Waals surface area contributed by atoms with Crippen molar-refractivity contribution in [2.24, 2.45) is 0 Å². The summed E-state index contributed by atoms with van der Waals surface area (Å²) in [5.41, 5.74) is 1.27. The molecule has 0 heterocycles. The number of nitrogens with zero attached hydrogens (tertiary/aromatic N) is 1. The minimum atomic E-state index is -3.93. The van der Waals surface area contributed by atoms with E-state index in [2.05, 4.69) is 11.3 Å². The Bertz CT molecular complexity index is 858. The van der Waals surface area contributed by atoms with Crippen LogP contribution < -0.4 is 9.04 Å². The highest BCUT2D eigenvalue weighted by Gasteiger charge is 2.27. The minimum Gasteiger partial charge on any atom is -0.490 e. The van der Waals surface area contributed by atoms with Gasteiger partial charge in [0.15, 0.2) is 0 Å². The quantitative estimate of drug-likeness (QED) is 0.524. The van der Waals surface area contributed by atoms with Crippen LogP contribution in [0.5, 0.6) is 5.75 Å². The van der Waals surface area contributed by atoms with Crippen molar-refractivity contribution < 1.29 is 22.7 Å². The smallest absolute Gasteiger partial charge is 0.326 e. The first kappa shape index (κ1) is 19.5. The second-order valence-corrected chi connectivity index (χ2v) is 7.36. The summed E-state index contributed by atoms with van der Waals surface area (Å²) >= 11 is 0. The van der Waals surface area contributed by atoms with Gasteiger partial charge >= 0.3 is 5.97 Å². The Labute approximate surface area is 153 Å². The van der Waals surface area contributed by atoms with Crippen molar-refractivity contribution in [1.82, 2.24) is 0 Å². The molecule has 0 spiro atoms. The van der Waals surface area contributed by atoms with Crippen molar-refractivity contribution in [3.63, 3.8) is 0 Å². The molecule has 138 valence electrons. The van der Waals surface area contributed by atoms with E-state index in [1.54, 1.807) is 42.5 Å². The van der Waals surface area contributed by atoms with Crippen LogP contribution in [0, 0.1) is 6.92 Å². The molecule has 0 aliphatic carbocycles. The van der Waals surface area contributed by atoms with Gasteiger partial charge in [0.2, 0.25) is 0 Å². The van der Waals surface area contributed by atoms with E-state index in [0.29, 0.717) is 18.0 Å². The lowest BCUT2D eigenvalue weighted by atomic mass is 10.2. The fraction of sp³-hybridized carbons (Fsp3) is 0.211. The van der Waals surface area contributed by atoms with Crippen LogP contribution in [0.4, 0.5) is 5.69 Å². The van der Waals surface area contributed by atoms with Gasteiger partial charge in [-0.25, -0.2) is 8.42 Å². The fourth-order valence-corrected chi connectivity index (χ4v) is 3.61. The third-order valence-corrected chi connectivity index (χ3v) is 5.39. The van der Waals surface area contributed by atoms with Crippen molar-refractivity contribution in [2.75, 3.05) is 24.6 Å². The molecular formula is C19H21NO5S. The number of methoxy groups -OCH3 is 1. The van der Waals surface area contributed by atoms with Crippen molar-refractivity contribution >= 4 is 21.7 Å². The maximum atomic E-state index is 13.0. The summed E-state index contributed by atoms with van der Waals surface area (Å²) in [6, 6.07) is 12.8. The number of rotatable bonds is 8. The van der Waals surface area contributed by atoms with Gasteiger partial charge in [0.25, 0.3) is 10.0 Å². The summed E-state index contributed by atoms with van der Waals surface area (Å²) in [7, 11) is -2.72. The molecule has 0 aliphatic heterocycles. The molecule has 2 aromatic rings. The highest BCUT2D eigenvalue weighted by Crippen LogP contribution is 2.26. The van der Waals surface area contributed by atoms with E-state index in [1.807, 2.05) is 6.92 Å². The van der Waals surface area contributed by atoms with Gasteiger partial charge in [-0.05, 0) is 43.3 Å². The number of aryl methyl sites for hydroxylation is 1. The Kier molecular flexibility index (Phi) is 6.41. The molecule has 0 aliphatic rings. The summed E-state index contributed by atoms with van der Waals surface area (Å²) in [5.74, 6) is -0.0907. The van der Waals surface area contributed by atoms with Gasteiger partial charge in [-0.2, -0.15) is 0 Å². The zero-order valence-electron chi connectivity index (χ0n) is 14.7. The van der Waals surface area contributed by atoms with Crippen LogP contribution in [-0.4, -0.2) is 34.6 Å². The number of ether oxygens (including phenoxy) is 2. The molecule has 0 saturated carbocycles. The van der Waals surface area contributed by atoms with E-state index < -0.39 is 22.5 Å². The van der Waals surface area contributed by atoms with Gasteiger partial charge in [-0.1, -0.05) is 30.4 Å². The van der Waals surface area contributed by atoms with Crippen LogP contribution in [0.15, 0.2) is 66.1 Å². The van der Waals surface area contributed by atoms with Gasteiger partial charge in [0, 0.05) is 0 Å². The van der Waals surface area contributed by atoms with Crippen LogP contribution in [0.2, 0.25) is 0 Å². The Morgan fingerprint density at radius 2 is 1.73 bits per heavy atom. The summed E-state index contributed by atoms with van der Waals surface area (Å²) in [6.45, 7) is 5.35. The van der Waals surface area contributed by atoms with Gasteiger partial charge in [-0.15, -0.1) is 0 Å². The lowest BCUT2D eigenvalue weighted by Gasteiger charge is -2.23. The molecule has 6 nitrogen and oxygen atoms in total. The number of esters is 1. The molecule has 0 bridgehead atoms. The predicted molar refractivity (Wildman–Crippen MR) is 99.9 cm³/mol. The molecule has 0 amide bonds. The largest absolute Gasteiger partial charge is 0.490 e. The first-order valence-electron chi connectivity index (χ1n) is 7.88. The van der Waals surface area contributed by atoms with E-state index in [0.717, 1.165) is 9.87 Å². The highest BCUT2D eigenvalue weighted by molar-refractivity contribution is 7.92. The third-order valence-electron chi connectivity index (χ3n) is 3.60. The molecule has 0 radical (unpaired) electrons. The predicted octanol–water partition coefficient (Wildman–Crippen LogP) is 2.93. The molecule has 0 aromatic heterocycles. The normalized spacial score (nSPS) is 10.8. The molecule has 2 aromatic carbocycles. The van der Waals surface area contributed by atoms with Crippen molar-refractivity contribution in [1.29, 1.82) is 0 Å². The zero-order chi connectivity index (χ0) is 19.2. The number of carbonyl (C=O) groups excluding carboxylic acids is 1. The molecule has 0 fully saturated rings. The Morgan fingerprint density at radius 3 is 2.27 bits per heavy atom. The molecule has 2 rings (SSSR count). The van der Waals surface area contributed by atoms with Crippen LogP contribution in [0.3, 0.4) is 0 Å². The van der Waals surface area contributed by atoms with E-state index in [1.165, 1.54) is 19.2 Å². The first-order chi connectivity index (χ1) is 12.4. The van der Waals surface area contributed by atoms with Crippen LogP contribution in [-0.2, 0) is 19.6 Å². The second kappa shape index (κ2) is 8.53. The van der Waals surface area contributed by atoms with Crippen molar-refractivity contribution in [3.8, 4) is 5.75 Å². The molecule has 0 unspecified atom stereocenters. The van der Waals surface area contributed by atoms with Gasteiger partial charge < -0.3 is 9.47 Å². The number of sulfonamides is 1. The third kappa shape index (κ3) is 4.64. The molecular weight excluding hydrogens is 354 g/mol. The topological polar surface area (TPSA) is 72.9 Å². The zero-order valence-corrected chi connectivity index (χ0v) is 15.5. The maximum absolute atomic E-state index is 13.0. The SMILES string of the molecule is C=CCOc1ccc(N(CC(=O)OC)S(=O)(=O)c2ccc(C)cc2)cc1. The molecule has 0 N–H and O–H groups in total. The Morgan fingerprint density at radius 1 is 1.12 bits per heavy atom. The van der Waals surface area contributed by atoms with Gasteiger partial charge in [0.05, 0.1) is 17.7 Å². The fourth-order valence-electron chi connectivity index (χ4n) is 2.20. The van der Waals surface area contributed by atoms with Gasteiger partial charge in [0.1, 0.15) is 18.9 Å². The standard InChI is InChI=1S/C19H21NO5S/c1-4-13-25-17-9-7-16(8-10-17)20(14-19(21)24-3)26(22,23)18-11-5-15(2)6-12-18/h4-12H,1,13-14H2,2-3H3. The first-order valence-corrected chi connectivity index (χ1v) is 9.32. The van der Waals surface area contributed by atoms with E-state index in [9.17, 15) is 13.2 Å². The lowest BCUT2D eigenvalue weighted by molar-refractivity contribution is -0.138. The number of anilines is 1. The highest BCUT2D eigenvalue weighted by atomic mass is 32.2. The maximum Gasteiger partial charge on any atom is 0.326 e. The van der Waals surface area contributed by atoms with E-state index >= 15 is 0 Å². The molecule has 0 atom stereocenters. The summed E-state index contributed by atoms with van der Waals surface area (Å²) in [6.07, 6.45) is 1.61. The van der Waals surface area contributed by atoms with E-state index in [-0.39, 0.29) is 4.90 Å². The van der Waals surface area contributed by atoms with Crippen molar-refractivity contribution in [3.05, 3.63) is 66.7 Å². The number of carbonyl (C=O) groups is 1. The minimum absolute atomic E-state index is 0.0963. The molecule has 26 heavy (non-hydrogen) atoms. The number of benzene rings is 2. The van der Waals surface area contributed by atoms with Gasteiger partial charge in [-0.3, -0.25) is 9.10 Å². The summed E-state index contributed by atoms with van der Waals surface area (Å²) in [5, 5.41) is 0. The summed E-state index contributed by atoms with van der Waals surface area (Å²) in [4.78, 5) is 11.9. The van der Waals surface area contributed by atoms with Crippen LogP contribution in [0.25, 0.3) is 0 Å². The molecule has 7 heteroatoms. The van der Waals surface area contributed by atoms with Crippen molar-refractivity contribution in [2.45, 2.75) is 11.8 Å². The van der Waals surface area contributed by atoms with Crippen LogP contribution >= 0.6 is 0 Å². The second-order valence-electron chi connectivity index (χ2n) is 5.49. The van der Waals surface area contributed by atoms with Crippen LogP contribution in [0.1, 0.15) is 5.56 Å². The number of hydrogen-bond donors (Lipinski definition) is 0. The average molecular weight is 375 g/mol.